The van der Waals surface area contributed by atoms with Gasteiger partial charge in [-0.3, -0.25) is 0 Å². The van der Waals surface area contributed by atoms with Gasteiger partial charge in [-0.15, -0.1) is 0 Å². The lowest BCUT2D eigenvalue weighted by Crippen LogP contribution is -2.42. The van der Waals surface area contributed by atoms with Crippen molar-refractivity contribution in [1.29, 1.82) is 0 Å². The molecule has 0 saturated carbocycles. The van der Waals surface area contributed by atoms with E-state index in [-0.39, 0.29) is 5.92 Å². The first-order valence-corrected chi connectivity index (χ1v) is 7.83. The van der Waals surface area contributed by atoms with Crippen LogP contribution in [0.4, 0.5) is 0 Å². The number of rotatable bonds is 3. The number of nitrogens with one attached hydrogen (secondary N) is 1. The maximum absolute atomic E-state index is 11.6. The molecule has 2 N–H and O–H groups in total. The Labute approximate surface area is 130 Å². The molecule has 3 heteroatoms. The number of hydrogen-bond acceptors (Lipinski definition) is 2. The SMILES string of the molecule is O[C@](c1ccccc1)(c1ccc(Cl)cc1)C1CCNCC1. The van der Waals surface area contributed by atoms with Crippen molar-refractivity contribution in [2.75, 3.05) is 13.1 Å². The summed E-state index contributed by atoms with van der Waals surface area (Å²) in [5.74, 6) is 0.210. The van der Waals surface area contributed by atoms with Crippen molar-refractivity contribution in [2.45, 2.75) is 18.4 Å². The zero-order valence-corrected chi connectivity index (χ0v) is 12.7. The van der Waals surface area contributed by atoms with Gasteiger partial charge in [0.1, 0.15) is 5.60 Å². The van der Waals surface area contributed by atoms with Crippen LogP contribution in [-0.2, 0) is 5.60 Å². The molecule has 2 aromatic carbocycles. The fourth-order valence-corrected chi connectivity index (χ4v) is 3.40. The second-order valence-corrected chi connectivity index (χ2v) is 6.10. The van der Waals surface area contributed by atoms with E-state index >= 15 is 0 Å². The molecule has 1 atom stereocenters. The second kappa shape index (κ2) is 6.18. The van der Waals surface area contributed by atoms with Crippen molar-refractivity contribution in [2.24, 2.45) is 5.92 Å². The summed E-state index contributed by atoms with van der Waals surface area (Å²) in [5, 5.41) is 15.7. The molecule has 1 aliphatic rings. The average molecular weight is 302 g/mol. The third kappa shape index (κ3) is 2.84. The van der Waals surface area contributed by atoms with Crippen LogP contribution in [0.25, 0.3) is 0 Å². The minimum absolute atomic E-state index is 0.210. The van der Waals surface area contributed by atoms with Gasteiger partial charge >= 0.3 is 0 Å². The Hall–Kier alpha value is -1.35. The van der Waals surface area contributed by atoms with Crippen LogP contribution in [0, 0.1) is 5.92 Å². The molecule has 3 rings (SSSR count). The van der Waals surface area contributed by atoms with Crippen LogP contribution in [0.5, 0.6) is 0 Å². The van der Waals surface area contributed by atoms with Gasteiger partial charge in [-0.1, -0.05) is 54.1 Å². The van der Waals surface area contributed by atoms with Crippen molar-refractivity contribution in [3.8, 4) is 0 Å². The molecule has 1 saturated heterocycles. The minimum atomic E-state index is -0.950. The van der Waals surface area contributed by atoms with E-state index in [0.717, 1.165) is 37.1 Å². The van der Waals surface area contributed by atoms with Gasteiger partial charge in [0.25, 0.3) is 0 Å². The molecule has 0 bridgehead atoms. The zero-order valence-electron chi connectivity index (χ0n) is 11.9. The van der Waals surface area contributed by atoms with E-state index in [4.69, 9.17) is 11.6 Å². The molecule has 0 aliphatic carbocycles. The van der Waals surface area contributed by atoms with Crippen molar-refractivity contribution in [3.63, 3.8) is 0 Å². The normalized spacial score (nSPS) is 19.1. The van der Waals surface area contributed by atoms with Crippen LogP contribution in [0.2, 0.25) is 5.02 Å². The molecule has 1 fully saturated rings. The third-order valence-corrected chi connectivity index (χ3v) is 4.68. The zero-order chi connectivity index (χ0) is 14.7. The van der Waals surface area contributed by atoms with E-state index in [2.05, 4.69) is 5.32 Å². The Morgan fingerprint density at radius 1 is 0.905 bits per heavy atom. The van der Waals surface area contributed by atoms with Gasteiger partial charge in [-0.25, -0.2) is 0 Å². The van der Waals surface area contributed by atoms with Gasteiger partial charge in [0.2, 0.25) is 0 Å². The van der Waals surface area contributed by atoms with Gasteiger partial charge in [-0.05, 0) is 55.1 Å². The lowest BCUT2D eigenvalue weighted by Gasteiger charge is -2.39. The van der Waals surface area contributed by atoms with Crippen LogP contribution >= 0.6 is 11.6 Å². The molecule has 0 aromatic heterocycles. The molecular formula is C18H20ClNO. The Morgan fingerprint density at radius 3 is 2.10 bits per heavy atom. The number of aliphatic hydroxyl groups is 1. The summed E-state index contributed by atoms with van der Waals surface area (Å²) in [6.07, 6.45) is 1.93. The molecule has 2 nitrogen and oxygen atoms in total. The molecule has 110 valence electrons. The first kappa shape index (κ1) is 14.6. The summed E-state index contributed by atoms with van der Waals surface area (Å²) in [6.45, 7) is 1.90. The van der Waals surface area contributed by atoms with Gasteiger partial charge in [0.05, 0.1) is 0 Å². The Balaban J connectivity index is 2.07. The lowest BCUT2D eigenvalue weighted by atomic mass is 9.72. The number of halogens is 1. The number of hydrogen-bond donors (Lipinski definition) is 2. The molecule has 0 amide bonds. The van der Waals surface area contributed by atoms with E-state index in [0.29, 0.717) is 5.02 Å². The van der Waals surface area contributed by atoms with Crippen molar-refractivity contribution >= 4 is 11.6 Å². The van der Waals surface area contributed by atoms with Gasteiger partial charge in [-0.2, -0.15) is 0 Å². The van der Waals surface area contributed by atoms with E-state index in [1.165, 1.54) is 0 Å². The Morgan fingerprint density at radius 2 is 1.48 bits per heavy atom. The minimum Gasteiger partial charge on any atom is -0.380 e. The molecule has 1 aliphatic heterocycles. The van der Waals surface area contributed by atoms with Crippen molar-refractivity contribution < 1.29 is 5.11 Å². The summed E-state index contributed by atoms with van der Waals surface area (Å²) in [5.41, 5.74) is 0.928. The van der Waals surface area contributed by atoms with Crippen LogP contribution in [0.3, 0.4) is 0 Å². The highest BCUT2D eigenvalue weighted by molar-refractivity contribution is 6.30. The monoisotopic (exact) mass is 301 g/mol. The van der Waals surface area contributed by atoms with Crippen LogP contribution in [-0.4, -0.2) is 18.2 Å². The maximum atomic E-state index is 11.6. The Bertz CT molecular complexity index is 578. The van der Waals surface area contributed by atoms with E-state index < -0.39 is 5.60 Å². The third-order valence-electron chi connectivity index (χ3n) is 4.43. The molecule has 21 heavy (non-hydrogen) atoms. The molecule has 0 radical (unpaired) electrons. The average Bonchev–Trinajstić information content (AvgIpc) is 2.56. The van der Waals surface area contributed by atoms with Gasteiger partial charge in [0, 0.05) is 5.02 Å². The van der Waals surface area contributed by atoms with E-state index in [9.17, 15) is 5.11 Å². The largest absolute Gasteiger partial charge is 0.380 e. The number of benzene rings is 2. The van der Waals surface area contributed by atoms with Crippen molar-refractivity contribution in [1.82, 2.24) is 5.32 Å². The summed E-state index contributed by atoms with van der Waals surface area (Å²) < 4.78 is 0. The van der Waals surface area contributed by atoms with E-state index in [1.54, 1.807) is 0 Å². The highest BCUT2D eigenvalue weighted by atomic mass is 35.5. The molecular weight excluding hydrogens is 282 g/mol. The first-order valence-electron chi connectivity index (χ1n) is 7.46. The lowest BCUT2D eigenvalue weighted by molar-refractivity contribution is 0.00236. The quantitative estimate of drug-likeness (QED) is 0.908. The van der Waals surface area contributed by atoms with Crippen LogP contribution in [0.15, 0.2) is 54.6 Å². The smallest absolute Gasteiger partial charge is 0.117 e. The standard InChI is InChI=1S/C18H20ClNO/c19-17-8-6-15(7-9-17)18(21,14-4-2-1-3-5-14)16-10-12-20-13-11-16/h1-9,16,20-21H,10-13H2/t18-/m1/s1. The first-order chi connectivity index (χ1) is 10.2. The van der Waals surface area contributed by atoms with Gasteiger partial charge in [0.15, 0.2) is 0 Å². The van der Waals surface area contributed by atoms with Crippen LogP contribution < -0.4 is 5.32 Å². The second-order valence-electron chi connectivity index (χ2n) is 5.66. The predicted octanol–water partition coefficient (Wildman–Crippen LogP) is 3.58. The van der Waals surface area contributed by atoms with Crippen molar-refractivity contribution in [3.05, 3.63) is 70.7 Å². The summed E-state index contributed by atoms with van der Waals surface area (Å²) in [6, 6.07) is 17.6. The summed E-state index contributed by atoms with van der Waals surface area (Å²) in [7, 11) is 0. The molecule has 0 spiro atoms. The molecule has 1 heterocycles. The fraction of sp³-hybridized carbons (Fsp3) is 0.333. The van der Waals surface area contributed by atoms with Gasteiger partial charge < -0.3 is 10.4 Å². The Kier molecular flexibility index (Phi) is 4.29. The summed E-state index contributed by atoms with van der Waals surface area (Å²) in [4.78, 5) is 0. The fourth-order valence-electron chi connectivity index (χ4n) is 3.27. The molecule has 0 unspecified atom stereocenters. The summed E-state index contributed by atoms with van der Waals surface area (Å²) >= 11 is 6.00. The maximum Gasteiger partial charge on any atom is 0.117 e. The molecule has 2 aromatic rings. The highest BCUT2D eigenvalue weighted by Crippen LogP contribution is 2.41. The highest BCUT2D eigenvalue weighted by Gasteiger charge is 2.40. The predicted molar refractivity (Wildman–Crippen MR) is 86.5 cm³/mol. The van der Waals surface area contributed by atoms with E-state index in [1.807, 2.05) is 54.6 Å². The topological polar surface area (TPSA) is 32.3 Å². The van der Waals surface area contributed by atoms with Crippen LogP contribution in [0.1, 0.15) is 24.0 Å². The number of piperidine rings is 1.